The lowest BCUT2D eigenvalue weighted by molar-refractivity contribution is -0.144. The smallest absolute Gasteiger partial charge is 0.247 e. The zero-order valence-electron chi connectivity index (χ0n) is 18.8. The summed E-state index contributed by atoms with van der Waals surface area (Å²) in [5.74, 6) is -0.981. The zero-order valence-corrected chi connectivity index (χ0v) is 18.8. The molecule has 172 valence electrons. The standard InChI is InChI=1S/C25H32FN3O3/c1-19(2)25(31)29(18-20-8-10-22(26)11-9-20)23(21-6-4-3-5-7-21)24(30)27-12-13-28-14-16-32-17-15-28/h3-11,19,23H,12-18H2,1-2H3,(H,27,30)/t23-/m0/s1. The summed E-state index contributed by atoms with van der Waals surface area (Å²) in [6.07, 6.45) is 0. The number of carbonyl (C=O) groups excluding carboxylic acids is 2. The fourth-order valence-electron chi connectivity index (χ4n) is 3.78. The number of carbonyl (C=O) groups is 2. The molecule has 0 radical (unpaired) electrons. The first-order valence-corrected chi connectivity index (χ1v) is 11.1. The summed E-state index contributed by atoms with van der Waals surface area (Å²) >= 11 is 0. The molecular weight excluding hydrogens is 409 g/mol. The Morgan fingerprint density at radius 3 is 2.34 bits per heavy atom. The van der Waals surface area contributed by atoms with Crippen molar-refractivity contribution in [3.63, 3.8) is 0 Å². The second kappa shape index (κ2) is 11.7. The lowest BCUT2D eigenvalue weighted by Crippen LogP contribution is -2.47. The van der Waals surface area contributed by atoms with E-state index in [0.717, 1.165) is 30.8 Å². The maximum Gasteiger partial charge on any atom is 0.247 e. The van der Waals surface area contributed by atoms with Crippen LogP contribution in [-0.2, 0) is 20.9 Å². The van der Waals surface area contributed by atoms with Gasteiger partial charge in [-0.05, 0) is 23.3 Å². The minimum atomic E-state index is -0.777. The number of hydrogen-bond acceptors (Lipinski definition) is 4. The van der Waals surface area contributed by atoms with Gasteiger partial charge in [0.15, 0.2) is 0 Å². The van der Waals surface area contributed by atoms with Gasteiger partial charge in [-0.25, -0.2) is 4.39 Å². The molecule has 6 nitrogen and oxygen atoms in total. The van der Waals surface area contributed by atoms with Crippen molar-refractivity contribution in [2.75, 3.05) is 39.4 Å². The van der Waals surface area contributed by atoms with E-state index in [1.807, 2.05) is 44.2 Å². The van der Waals surface area contributed by atoms with E-state index < -0.39 is 6.04 Å². The number of morpholine rings is 1. The fraction of sp³-hybridized carbons (Fsp3) is 0.440. The summed E-state index contributed by atoms with van der Waals surface area (Å²) < 4.78 is 18.8. The van der Waals surface area contributed by atoms with E-state index in [2.05, 4.69) is 10.2 Å². The van der Waals surface area contributed by atoms with E-state index >= 15 is 0 Å². The van der Waals surface area contributed by atoms with Gasteiger partial charge < -0.3 is 15.0 Å². The summed E-state index contributed by atoms with van der Waals surface area (Å²) in [4.78, 5) is 30.4. The molecular formula is C25H32FN3O3. The maximum absolute atomic E-state index is 13.4. The van der Waals surface area contributed by atoms with Crippen LogP contribution in [0.4, 0.5) is 4.39 Å². The second-order valence-corrected chi connectivity index (χ2v) is 8.31. The first-order valence-electron chi connectivity index (χ1n) is 11.1. The Hall–Kier alpha value is -2.77. The van der Waals surface area contributed by atoms with Gasteiger partial charge in [-0.2, -0.15) is 0 Å². The average Bonchev–Trinajstić information content (AvgIpc) is 2.81. The first kappa shape index (κ1) is 23.9. The molecule has 0 spiro atoms. The molecule has 0 aromatic heterocycles. The number of ether oxygens (including phenoxy) is 1. The highest BCUT2D eigenvalue weighted by Gasteiger charge is 2.32. The van der Waals surface area contributed by atoms with Gasteiger partial charge in [-0.15, -0.1) is 0 Å². The molecule has 1 fully saturated rings. The molecule has 0 bridgehead atoms. The van der Waals surface area contributed by atoms with Crippen molar-refractivity contribution in [1.82, 2.24) is 15.1 Å². The minimum Gasteiger partial charge on any atom is -0.379 e. The molecule has 0 aliphatic carbocycles. The van der Waals surface area contributed by atoms with Crippen molar-refractivity contribution in [3.8, 4) is 0 Å². The highest BCUT2D eigenvalue weighted by molar-refractivity contribution is 5.89. The van der Waals surface area contributed by atoms with Crippen LogP contribution in [-0.4, -0.2) is 61.0 Å². The SMILES string of the molecule is CC(C)C(=O)N(Cc1ccc(F)cc1)[C@H](C(=O)NCCN1CCOCC1)c1ccccc1. The van der Waals surface area contributed by atoms with Crippen molar-refractivity contribution in [2.24, 2.45) is 5.92 Å². The summed E-state index contributed by atoms with van der Waals surface area (Å²) in [6, 6.07) is 14.6. The molecule has 32 heavy (non-hydrogen) atoms. The van der Waals surface area contributed by atoms with E-state index in [1.165, 1.54) is 12.1 Å². The second-order valence-electron chi connectivity index (χ2n) is 8.31. The fourth-order valence-corrected chi connectivity index (χ4v) is 3.78. The summed E-state index contributed by atoms with van der Waals surface area (Å²) in [6.45, 7) is 8.17. The van der Waals surface area contributed by atoms with E-state index in [0.29, 0.717) is 19.8 Å². The van der Waals surface area contributed by atoms with Gasteiger partial charge in [0, 0.05) is 38.6 Å². The minimum absolute atomic E-state index is 0.133. The largest absolute Gasteiger partial charge is 0.379 e. The molecule has 7 heteroatoms. The normalized spacial score (nSPS) is 15.4. The molecule has 2 aromatic rings. The summed E-state index contributed by atoms with van der Waals surface area (Å²) in [5, 5.41) is 3.02. The van der Waals surface area contributed by atoms with Gasteiger partial charge in [-0.3, -0.25) is 14.5 Å². The third-order valence-electron chi connectivity index (χ3n) is 5.55. The Morgan fingerprint density at radius 1 is 1.06 bits per heavy atom. The molecule has 1 aliphatic heterocycles. The van der Waals surface area contributed by atoms with Crippen LogP contribution in [0.25, 0.3) is 0 Å². The lowest BCUT2D eigenvalue weighted by atomic mass is 10.0. The first-order chi connectivity index (χ1) is 15.5. The van der Waals surface area contributed by atoms with Crippen LogP contribution in [0.3, 0.4) is 0 Å². The highest BCUT2D eigenvalue weighted by atomic mass is 19.1. The van der Waals surface area contributed by atoms with Gasteiger partial charge >= 0.3 is 0 Å². The average molecular weight is 442 g/mol. The Bertz CT molecular complexity index is 868. The molecule has 0 saturated carbocycles. The van der Waals surface area contributed by atoms with Crippen molar-refractivity contribution in [2.45, 2.75) is 26.4 Å². The molecule has 2 aromatic carbocycles. The van der Waals surface area contributed by atoms with Gasteiger partial charge in [0.05, 0.1) is 13.2 Å². The predicted octanol–water partition coefficient (Wildman–Crippen LogP) is 3.00. The number of nitrogens with zero attached hydrogens (tertiary/aromatic N) is 2. The van der Waals surface area contributed by atoms with Crippen LogP contribution in [0, 0.1) is 11.7 Å². The van der Waals surface area contributed by atoms with Crippen molar-refractivity contribution < 1.29 is 18.7 Å². The van der Waals surface area contributed by atoms with Gasteiger partial charge in [-0.1, -0.05) is 56.3 Å². The Balaban J connectivity index is 1.81. The van der Waals surface area contributed by atoms with Crippen LogP contribution in [0.1, 0.15) is 31.0 Å². The van der Waals surface area contributed by atoms with E-state index in [-0.39, 0.29) is 30.1 Å². The molecule has 2 amide bonds. The van der Waals surface area contributed by atoms with Crippen LogP contribution < -0.4 is 5.32 Å². The molecule has 1 heterocycles. The van der Waals surface area contributed by atoms with Crippen molar-refractivity contribution in [1.29, 1.82) is 0 Å². The van der Waals surface area contributed by atoms with Crippen LogP contribution >= 0.6 is 0 Å². The lowest BCUT2D eigenvalue weighted by Gasteiger charge is -2.33. The molecule has 1 aliphatic rings. The predicted molar refractivity (Wildman–Crippen MR) is 121 cm³/mol. The Labute approximate surface area is 189 Å². The third-order valence-corrected chi connectivity index (χ3v) is 5.55. The number of amides is 2. The molecule has 0 unspecified atom stereocenters. The topological polar surface area (TPSA) is 61.9 Å². The Kier molecular flexibility index (Phi) is 8.76. The maximum atomic E-state index is 13.4. The number of hydrogen-bond donors (Lipinski definition) is 1. The van der Waals surface area contributed by atoms with Crippen LogP contribution in [0.2, 0.25) is 0 Å². The summed E-state index contributed by atoms with van der Waals surface area (Å²) in [5.41, 5.74) is 1.51. The van der Waals surface area contributed by atoms with Crippen LogP contribution in [0.5, 0.6) is 0 Å². The van der Waals surface area contributed by atoms with Crippen molar-refractivity contribution >= 4 is 11.8 Å². The number of nitrogens with one attached hydrogen (secondary N) is 1. The monoisotopic (exact) mass is 441 g/mol. The molecule has 3 rings (SSSR count). The number of halogens is 1. The van der Waals surface area contributed by atoms with Gasteiger partial charge in [0.2, 0.25) is 11.8 Å². The zero-order chi connectivity index (χ0) is 22.9. The van der Waals surface area contributed by atoms with Gasteiger partial charge in [0.25, 0.3) is 0 Å². The van der Waals surface area contributed by atoms with Crippen molar-refractivity contribution in [3.05, 3.63) is 71.5 Å². The molecule has 1 N–H and O–H groups in total. The van der Waals surface area contributed by atoms with E-state index in [1.54, 1.807) is 17.0 Å². The molecule has 1 saturated heterocycles. The van der Waals surface area contributed by atoms with E-state index in [4.69, 9.17) is 4.74 Å². The number of rotatable bonds is 9. The quantitative estimate of drug-likeness (QED) is 0.650. The Morgan fingerprint density at radius 2 is 1.72 bits per heavy atom. The highest BCUT2D eigenvalue weighted by Crippen LogP contribution is 2.25. The number of benzene rings is 2. The third kappa shape index (κ3) is 6.61. The van der Waals surface area contributed by atoms with Crippen LogP contribution in [0.15, 0.2) is 54.6 Å². The summed E-state index contributed by atoms with van der Waals surface area (Å²) in [7, 11) is 0. The van der Waals surface area contributed by atoms with Gasteiger partial charge in [0.1, 0.15) is 11.9 Å². The van der Waals surface area contributed by atoms with E-state index in [9.17, 15) is 14.0 Å². The molecule has 1 atom stereocenters.